The summed E-state index contributed by atoms with van der Waals surface area (Å²) in [6, 6.07) is 51.6. The lowest BCUT2D eigenvalue weighted by molar-refractivity contribution is 0.661. The van der Waals surface area contributed by atoms with E-state index in [9.17, 15) is 0 Å². The van der Waals surface area contributed by atoms with Gasteiger partial charge in [0, 0.05) is 33.9 Å². The van der Waals surface area contributed by atoms with Gasteiger partial charge in [0.2, 0.25) is 0 Å². The average molecular weight is 602 g/mol. The van der Waals surface area contributed by atoms with E-state index >= 15 is 0 Å². The van der Waals surface area contributed by atoms with Gasteiger partial charge in [0.15, 0.2) is 5.82 Å². The van der Waals surface area contributed by atoms with Crippen LogP contribution in [0.1, 0.15) is 25.0 Å². The van der Waals surface area contributed by atoms with Gasteiger partial charge in [0.1, 0.15) is 0 Å². The minimum atomic E-state index is -0.0597. The van der Waals surface area contributed by atoms with E-state index < -0.39 is 0 Å². The fourth-order valence-corrected chi connectivity index (χ4v) is 7.33. The van der Waals surface area contributed by atoms with E-state index in [1.807, 2.05) is 30.5 Å². The third-order valence-corrected chi connectivity index (χ3v) is 9.73. The highest BCUT2D eigenvalue weighted by molar-refractivity contribution is 6.13. The number of hydrogen-bond donors (Lipinski definition) is 0. The Morgan fingerprint density at radius 1 is 0.426 bits per heavy atom. The maximum atomic E-state index is 5.24. The molecule has 9 rings (SSSR count). The third kappa shape index (κ3) is 4.46. The van der Waals surface area contributed by atoms with E-state index in [4.69, 9.17) is 9.97 Å². The molecule has 1 aliphatic rings. The summed E-state index contributed by atoms with van der Waals surface area (Å²) in [6.07, 6.45) is 1.82. The molecule has 0 aliphatic heterocycles. The van der Waals surface area contributed by atoms with Gasteiger partial charge < -0.3 is 0 Å². The van der Waals surface area contributed by atoms with Gasteiger partial charge in [-0.3, -0.25) is 4.98 Å². The molecular formula is C44H31N3. The molecule has 222 valence electrons. The van der Waals surface area contributed by atoms with E-state index in [1.54, 1.807) is 0 Å². The van der Waals surface area contributed by atoms with Crippen molar-refractivity contribution in [2.75, 3.05) is 0 Å². The molecule has 0 spiro atoms. The SMILES string of the molecule is CC1(C)c2ccccc2-c2cc3ccc4c(-c5cc(-c6ccccc6)nc(-c6cccc(-c7ccccn7)c6)n5)cccc4c3cc21. The number of hydrogen-bond acceptors (Lipinski definition) is 3. The van der Waals surface area contributed by atoms with Crippen molar-refractivity contribution >= 4 is 21.5 Å². The quantitative estimate of drug-likeness (QED) is 0.188. The van der Waals surface area contributed by atoms with Crippen molar-refractivity contribution in [2.45, 2.75) is 19.3 Å². The average Bonchev–Trinajstić information content (AvgIpc) is 3.36. The predicted molar refractivity (Wildman–Crippen MR) is 194 cm³/mol. The smallest absolute Gasteiger partial charge is 0.160 e. The van der Waals surface area contributed by atoms with Gasteiger partial charge in [-0.05, 0) is 80.2 Å². The first-order valence-corrected chi connectivity index (χ1v) is 16.1. The minimum Gasteiger partial charge on any atom is -0.256 e. The topological polar surface area (TPSA) is 38.7 Å². The summed E-state index contributed by atoms with van der Waals surface area (Å²) >= 11 is 0. The highest BCUT2D eigenvalue weighted by Gasteiger charge is 2.35. The molecule has 0 fully saturated rings. The highest BCUT2D eigenvalue weighted by Crippen LogP contribution is 2.50. The highest BCUT2D eigenvalue weighted by atomic mass is 14.9. The molecule has 0 bridgehead atoms. The second kappa shape index (κ2) is 10.6. The lowest BCUT2D eigenvalue weighted by Gasteiger charge is -2.22. The van der Waals surface area contributed by atoms with Crippen molar-refractivity contribution in [3.63, 3.8) is 0 Å². The Morgan fingerprint density at radius 3 is 2.04 bits per heavy atom. The summed E-state index contributed by atoms with van der Waals surface area (Å²) in [5.41, 5.74) is 12.3. The minimum absolute atomic E-state index is 0.0597. The molecule has 0 saturated carbocycles. The number of pyridine rings is 1. The summed E-state index contributed by atoms with van der Waals surface area (Å²) in [4.78, 5) is 14.9. The summed E-state index contributed by atoms with van der Waals surface area (Å²) in [6.45, 7) is 4.69. The van der Waals surface area contributed by atoms with Crippen LogP contribution in [0.4, 0.5) is 0 Å². The lowest BCUT2D eigenvalue weighted by atomic mass is 9.81. The fraction of sp³-hybridized carbons (Fsp3) is 0.0682. The molecule has 47 heavy (non-hydrogen) atoms. The molecule has 1 aliphatic carbocycles. The first-order chi connectivity index (χ1) is 23.0. The van der Waals surface area contributed by atoms with Crippen molar-refractivity contribution in [3.05, 3.63) is 163 Å². The second-order valence-electron chi connectivity index (χ2n) is 12.9. The van der Waals surface area contributed by atoms with Crippen molar-refractivity contribution < 1.29 is 0 Å². The molecule has 3 nitrogen and oxygen atoms in total. The molecule has 6 aromatic carbocycles. The molecule has 2 aromatic heterocycles. The van der Waals surface area contributed by atoms with E-state index in [1.165, 1.54) is 43.8 Å². The largest absolute Gasteiger partial charge is 0.256 e. The molecule has 3 heteroatoms. The summed E-state index contributed by atoms with van der Waals surface area (Å²) in [5, 5.41) is 4.93. The zero-order chi connectivity index (χ0) is 31.5. The first-order valence-electron chi connectivity index (χ1n) is 16.1. The molecule has 8 aromatic rings. The third-order valence-electron chi connectivity index (χ3n) is 9.73. The van der Waals surface area contributed by atoms with Gasteiger partial charge in [-0.15, -0.1) is 0 Å². The standard InChI is InChI=1S/C44H31N3/c1-44(2)38-19-7-6-16-34(38)37-25-29-21-22-33-32(36(29)26-39(37)44)17-11-18-35(33)42-27-41(28-12-4-3-5-13-28)46-43(47-42)31-15-10-14-30(24-31)40-20-8-9-23-45-40/h3-27H,1-2H3. The van der Waals surface area contributed by atoms with Crippen LogP contribution >= 0.6 is 0 Å². The van der Waals surface area contributed by atoms with Gasteiger partial charge in [-0.1, -0.05) is 123 Å². The van der Waals surface area contributed by atoms with Crippen LogP contribution in [0.25, 0.3) is 77.8 Å². The molecule has 2 heterocycles. The number of aromatic nitrogens is 3. The van der Waals surface area contributed by atoms with E-state index in [-0.39, 0.29) is 5.41 Å². The van der Waals surface area contributed by atoms with Crippen LogP contribution in [0.2, 0.25) is 0 Å². The van der Waals surface area contributed by atoms with Gasteiger partial charge in [-0.2, -0.15) is 0 Å². The van der Waals surface area contributed by atoms with Crippen LogP contribution < -0.4 is 0 Å². The van der Waals surface area contributed by atoms with E-state index in [2.05, 4.69) is 140 Å². The van der Waals surface area contributed by atoms with Gasteiger partial charge in [0.25, 0.3) is 0 Å². The summed E-state index contributed by atoms with van der Waals surface area (Å²) in [7, 11) is 0. The van der Waals surface area contributed by atoms with E-state index in [0.29, 0.717) is 5.82 Å². The molecule has 0 N–H and O–H groups in total. The predicted octanol–water partition coefficient (Wildman–Crippen LogP) is 11.2. The van der Waals surface area contributed by atoms with Crippen LogP contribution in [0.3, 0.4) is 0 Å². The Balaban J connectivity index is 1.24. The molecule has 0 unspecified atom stereocenters. The van der Waals surface area contributed by atoms with Crippen LogP contribution in [0.5, 0.6) is 0 Å². The van der Waals surface area contributed by atoms with Crippen molar-refractivity contribution in [2.24, 2.45) is 0 Å². The maximum absolute atomic E-state index is 5.24. The Labute approximate surface area is 274 Å². The number of benzene rings is 6. The zero-order valence-corrected chi connectivity index (χ0v) is 26.3. The number of fused-ring (bicyclic) bond motifs is 6. The maximum Gasteiger partial charge on any atom is 0.160 e. The monoisotopic (exact) mass is 601 g/mol. The Bertz CT molecular complexity index is 2480. The van der Waals surface area contributed by atoms with Gasteiger partial charge in [-0.25, -0.2) is 9.97 Å². The summed E-state index contributed by atoms with van der Waals surface area (Å²) < 4.78 is 0. The Morgan fingerprint density at radius 2 is 1.17 bits per heavy atom. The number of rotatable bonds is 4. The van der Waals surface area contributed by atoms with E-state index in [0.717, 1.165) is 39.3 Å². The molecule has 0 atom stereocenters. The van der Waals surface area contributed by atoms with Crippen LogP contribution in [0, 0.1) is 0 Å². The second-order valence-corrected chi connectivity index (χ2v) is 12.9. The fourth-order valence-electron chi connectivity index (χ4n) is 7.33. The van der Waals surface area contributed by atoms with Crippen LogP contribution in [-0.4, -0.2) is 15.0 Å². The molecular weight excluding hydrogens is 571 g/mol. The lowest BCUT2D eigenvalue weighted by Crippen LogP contribution is -2.14. The summed E-state index contributed by atoms with van der Waals surface area (Å²) in [5.74, 6) is 0.689. The Kier molecular flexibility index (Phi) is 6.16. The molecule has 0 amide bonds. The van der Waals surface area contributed by atoms with Crippen LogP contribution in [-0.2, 0) is 5.41 Å². The van der Waals surface area contributed by atoms with Crippen molar-refractivity contribution in [1.29, 1.82) is 0 Å². The van der Waals surface area contributed by atoms with Crippen molar-refractivity contribution in [3.8, 4) is 56.3 Å². The van der Waals surface area contributed by atoms with Crippen molar-refractivity contribution in [1.82, 2.24) is 15.0 Å². The Hall–Kier alpha value is -5.93. The molecule has 0 radical (unpaired) electrons. The zero-order valence-electron chi connectivity index (χ0n) is 26.3. The first kappa shape index (κ1) is 27.4. The van der Waals surface area contributed by atoms with Gasteiger partial charge >= 0.3 is 0 Å². The van der Waals surface area contributed by atoms with Crippen LogP contribution in [0.15, 0.2) is 152 Å². The normalized spacial score (nSPS) is 13.1. The number of nitrogens with zero attached hydrogens (tertiary/aromatic N) is 3. The van der Waals surface area contributed by atoms with Gasteiger partial charge in [0.05, 0.1) is 17.1 Å². The molecule has 0 saturated heterocycles.